The van der Waals surface area contributed by atoms with Crippen LogP contribution in [-0.4, -0.2) is 38.6 Å². The van der Waals surface area contributed by atoms with Crippen LogP contribution in [0.15, 0.2) is 41.8 Å². The minimum absolute atomic E-state index is 0. The van der Waals surface area contributed by atoms with E-state index in [1.165, 1.54) is 11.3 Å². The Morgan fingerprint density at radius 2 is 1.74 bits per heavy atom. The first kappa shape index (κ1) is 21.4. The molecule has 27 heavy (non-hydrogen) atoms. The molecule has 1 aromatic heterocycles. The molecule has 0 unspecified atom stereocenters. The molecule has 0 aliphatic carbocycles. The second-order valence-corrected chi connectivity index (χ2v) is 7.37. The van der Waals surface area contributed by atoms with Gasteiger partial charge in [0.25, 0.3) is 5.91 Å². The van der Waals surface area contributed by atoms with Crippen molar-refractivity contribution >= 4 is 46.9 Å². The highest BCUT2D eigenvalue weighted by molar-refractivity contribution is 7.12. The molecule has 1 aromatic carbocycles. The number of carbonyl (C=O) groups is 2. The summed E-state index contributed by atoms with van der Waals surface area (Å²) in [6, 6.07) is 10.8. The molecule has 1 aliphatic heterocycles. The van der Waals surface area contributed by atoms with E-state index < -0.39 is 5.41 Å². The lowest BCUT2D eigenvalue weighted by Crippen LogP contribution is -2.47. The Morgan fingerprint density at radius 1 is 1.11 bits per heavy atom. The van der Waals surface area contributed by atoms with Crippen molar-refractivity contribution < 1.29 is 14.3 Å². The number of thiophene rings is 1. The summed E-state index contributed by atoms with van der Waals surface area (Å²) in [5, 5.41) is 11.0. The van der Waals surface area contributed by atoms with Gasteiger partial charge in [0.2, 0.25) is 5.91 Å². The van der Waals surface area contributed by atoms with Crippen molar-refractivity contribution in [3.05, 3.63) is 46.7 Å². The van der Waals surface area contributed by atoms with E-state index in [-0.39, 0.29) is 24.2 Å². The maximum atomic E-state index is 12.8. The van der Waals surface area contributed by atoms with Crippen LogP contribution in [-0.2, 0) is 9.53 Å². The van der Waals surface area contributed by atoms with Crippen molar-refractivity contribution in [2.75, 3.05) is 37.4 Å². The summed E-state index contributed by atoms with van der Waals surface area (Å²) in [6.45, 7) is 2.03. The van der Waals surface area contributed by atoms with Crippen LogP contribution < -0.4 is 16.0 Å². The number of anilines is 2. The Bertz CT molecular complexity index is 739. The minimum atomic E-state index is -0.494. The SMILES string of the molecule is COCC1(C(=O)Nc2ccc(NC(=O)c3cccs3)cc2)CCNCC1.Cl. The second kappa shape index (κ2) is 9.85. The quantitative estimate of drug-likeness (QED) is 0.683. The Balaban J connectivity index is 0.00000261. The maximum Gasteiger partial charge on any atom is 0.265 e. The molecule has 3 N–H and O–H groups in total. The molecule has 8 heteroatoms. The number of amides is 2. The van der Waals surface area contributed by atoms with Gasteiger partial charge in [-0.15, -0.1) is 23.7 Å². The van der Waals surface area contributed by atoms with Crippen LogP contribution in [0.5, 0.6) is 0 Å². The normalized spacial score (nSPS) is 15.4. The zero-order chi connectivity index (χ0) is 18.4. The molecule has 6 nitrogen and oxygen atoms in total. The summed E-state index contributed by atoms with van der Waals surface area (Å²) in [7, 11) is 1.63. The molecular formula is C19H24ClN3O3S. The molecule has 0 spiro atoms. The van der Waals surface area contributed by atoms with Crippen molar-refractivity contribution in [1.29, 1.82) is 0 Å². The first-order valence-corrected chi connectivity index (χ1v) is 9.47. The van der Waals surface area contributed by atoms with Gasteiger partial charge in [-0.05, 0) is 61.6 Å². The van der Waals surface area contributed by atoms with Gasteiger partial charge in [-0.3, -0.25) is 9.59 Å². The monoisotopic (exact) mass is 409 g/mol. The second-order valence-electron chi connectivity index (χ2n) is 6.43. The van der Waals surface area contributed by atoms with E-state index in [0.717, 1.165) is 25.9 Å². The summed E-state index contributed by atoms with van der Waals surface area (Å²) in [4.78, 5) is 25.5. The molecule has 0 saturated carbocycles. The van der Waals surface area contributed by atoms with E-state index in [2.05, 4.69) is 16.0 Å². The third kappa shape index (κ3) is 5.29. The Kier molecular flexibility index (Phi) is 7.79. The maximum absolute atomic E-state index is 12.8. The molecule has 0 radical (unpaired) electrons. The zero-order valence-corrected chi connectivity index (χ0v) is 16.8. The number of rotatable bonds is 6. The van der Waals surface area contributed by atoms with Gasteiger partial charge < -0.3 is 20.7 Å². The highest BCUT2D eigenvalue weighted by Gasteiger charge is 2.39. The summed E-state index contributed by atoms with van der Waals surface area (Å²) in [6.07, 6.45) is 1.50. The van der Waals surface area contributed by atoms with Crippen molar-refractivity contribution in [2.45, 2.75) is 12.8 Å². The number of nitrogens with one attached hydrogen (secondary N) is 3. The predicted molar refractivity (Wildman–Crippen MR) is 111 cm³/mol. The lowest BCUT2D eigenvalue weighted by molar-refractivity contribution is -0.130. The first-order valence-electron chi connectivity index (χ1n) is 8.59. The lowest BCUT2D eigenvalue weighted by atomic mass is 9.78. The number of ether oxygens (including phenoxy) is 1. The van der Waals surface area contributed by atoms with Crippen LogP contribution in [0.25, 0.3) is 0 Å². The molecule has 0 bridgehead atoms. The smallest absolute Gasteiger partial charge is 0.265 e. The molecule has 0 atom stereocenters. The molecule has 1 aliphatic rings. The van der Waals surface area contributed by atoms with E-state index >= 15 is 0 Å². The largest absolute Gasteiger partial charge is 0.384 e. The number of benzene rings is 1. The molecule has 3 rings (SSSR count). The van der Waals surface area contributed by atoms with E-state index in [4.69, 9.17) is 4.74 Å². The summed E-state index contributed by atoms with van der Waals surface area (Å²) < 4.78 is 5.31. The molecule has 1 fully saturated rings. The van der Waals surface area contributed by atoms with Crippen LogP contribution in [0.2, 0.25) is 0 Å². The summed E-state index contributed by atoms with van der Waals surface area (Å²) in [5.74, 6) is -0.151. The Hall–Kier alpha value is -1.93. The van der Waals surface area contributed by atoms with Crippen LogP contribution in [0.1, 0.15) is 22.5 Å². The van der Waals surface area contributed by atoms with Gasteiger partial charge in [0.1, 0.15) is 0 Å². The average Bonchev–Trinajstić information content (AvgIpc) is 3.19. The standard InChI is InChI=1S/C19H23N3O3S.ClH/c1-25-13-19(8-10-20-11-9-19)18(24)22-15-6-4-14(5-7-15)21-17(23)16-3-2-12-26-16;/h2-7,12,20H,8-11,13H2,1H3,(H,21,23)(H,22,24);1H. The van der Waals surface area contributed by atoms with Crippen LogP contribution in [0.3, 0.4) is 0 Å². The number of hydrogen-bond donors (Lipinski definition) is 3. The zero-order valence-electron chi connectivity index (χ0n) is 15.1. The van der Waals surface area contributed by atoms with Gasteiger partial charge in [0.05, 0.1) is 16.9 Å². The Labute approximate surface area is 169 Å². The van der Waals surface area contributed by atoms with Gasteiger partial charge in [-0.2, -0.15) is 0 Å². The number of halogens is 1. The van der Waals surface area contributed by atoms with Gasteiger partial charge in [-0.1, -0.05) is 6.07 Å². The van der Waals surface area contributed by atoms with E-state index in [1.807, 2.05) is 11.4 Å². The van der Waals surface area contributed by atoms with E-state index in [0.29, 0.717) is 22.9 Å². The first-order chi connectivity index (χ1) is 12.6. The number of methoxy groups -OCH3 is 1. The molecule has 146 valence electrons. The number of hydrogen-bond acceptors (Lipinski definition) is 5. The predicted octanol–water partition coefficient (Wildman–Crippen LogP) is 3.38. The van der Waals surface area contributed by atoms with E-state index in [1.54, 1.807) is 37.4 Å². The Morgan fingerprint density at radius 3 is 2.30 bits per heavy atom. The highest BCUT2D eigenvalue weighted by atomic mass is 35.5. The van der Waals surface area contributed by atoms with Crippen molar-refractivity contribution in [3.63, 3.8) is 0 Å². The van der Waals surface area contributed by atoms with Crippen molar-refractivity contribution in [2.24, 2.45) is 5.41 Å². The van der Waals surface area contributed by atoms with Crippen molar-refractivity contribution in [3.8, 4) is 0 Å². The number of piperidine rings is 1. The number of carbonyl (C=O) groups excluding carboxylic acids is 2. The summed E-state index contributed by atoms with van der Waals surface area (Å²) >= 11 is 1.40. The topological polar surface area (TPSA) is 79.5 Å². The average molecular weight is 410 g/mol. The minimum Gasteiger partial charge on any atom is -0.384 e. The molecule has 1 saturated heterocycles. The lowest BCUT2D eigenvalue weighted by Gasteiger charge is -2.35. The van der Waals surface area contributed by atoms with Gasteiger partial charge in [0.15, 0.2) is 0 Å². The van der Waals surface area contributed by atoms with Gasteiger partial charge >= 0.3 is 0 Å². The molecule has 2 heterocycles. The summed E-state index contributed by atoms with van der Waals surface area (Å²) in [5.41, 5.74) is 0.902. The van der Waals surface area contributed by atoms with E-state index in [9.17, 15) is 9.59 Å². The highest BCUT2D eigenvalue weighted by Crippen LogP contribution is 2.31. The van der Waals surface area contributed by atoms with Crippen molar-refractivity contribution in [1.82, 2.24) is 5.32 Å². The fourth-order valence-electron chi connectivity index (χ4n) is 3.12. The third-order valence-corrected chi connectivity index (χ3v) is 5.48. The fraction of sp³-hybridized carbons (Fsp3) is 0.368. The fourth-order valence-corrected chi connectivity index (χ4v) is 3.74. The van der Waals surface area contributed by atoms with Gasteiger partial charge in [-0.25, -0.2) is 0 Å². The molecule has 2 aromatic rings. The van der Waals surface area contributed by atoms with Crippen LogP contribution in [0.4, 0.5) is 11.4 Å². The van der Waals surface area contributed by atoms with Gasteiger partial charge in [0, 0.05) is 18.5 Å². The molecule has 2 amide bonds. The third-order valence-electron chi connectivity index (χ3n) is 4.61. The van der Waals surface area contributed by atoms with Crippen LogP contribution >= 0.6 is 23.7 Å². The molecular weight excluding hydrogens is 386 g/mol. The van der Waals surface area contributed by atoms with Crippen LogP contribution in [0, 0.1) is 5.41 Å².